The van der Waals surface area contributed by atoms with Gasteiger partial charge in [-0.3, -0.25) is 4.99 Å². The molecule has 4 heteroatoms. The number of nitrogens with zero attached hydrogens (tertiary/aromatic N) is 2. The number of benzene rings is 1. The van der Waals surface area contributed by atoms with Crippen molar-refractivity contribution in [1.82, 2.24) is 0 Å². The van der Waals surface area contributed by atoms with E-state index in [2.05, 4.69) is 23.7 Å². The third-order valence-corrected chi connectivity index (χ3v) is 3.77. The van der Waals surface area contributed by atoms with Crippen molar-refractivity contribution in [1.29, 1.82) is 0 Å². The van der Waals surface area contributed by atoms with Gasteiger partial charge in [-0.05, 0) is 36.6 Å². The Morgan fingerprint density at radius 1 is 1.42 bits per heavy atom. The molecule has 0 saturated carbocycles. The van der Waals surface area contributed by atoms with E-state index in [9.17, 15) is 0 Å². The molecular formula is C15H23N3O. The quantitative estimate of drug-likeness (QED) is 0.886. The lowest BCUT2D eigenvalue weighted by atomic mass is 9.96. The molecule has 1 aliphatic rings. The molecule has 0 aromatic heterocycles. The SMILES string of the molecule is CCCC(C)C1CN=C(N)N1c1ccc(OC)cc1. The summed E-state index contributed by atoms with van der Waals surface area (Å²) in [5.74, 6) is 2.06. The summed E-state index contributed by atoms with van der Waals surface area (Å²) < 4.78 is 5.19. The predicted molar refractivity (Wildman–Crippen MR) is 79.8 cm³/mol. The van der Waals surface area contributed by atoms with Gasteiger partial charge < -0.3 is 15.4 Å². The number of anilines is 1. The fourth-order valence-corrected chi connectivity index (χ4v) is 2.66. The van der Waals surface area contributed by atoms with Crippen molar-refractivity contribution >= 4 is 11.6 Å². The van der Waals surface area contributed by atoms with Crippen molar-refractivity contribution in [3.63, 3.8) is 0 Å². The molecule has 1 aliphatic heterocycles. The summed E-state index contributed by atoms with van der Waals surface area (Å²) in [5.41, 5.74) is 7.14. The summed E-state index contributed by atoms with van der Waals surface area (Å²) in [5, 5.41) is 0. The summed E-state index contributed by atoms with van der Waals surface area (Å²) in [6, 6.07) is 8.37. The van der Waals surface area contributed by atoms with Gasteiger partial charge in [0.05, 0.1) is 19.7 Å². The summed E-state index contributed by atoms with van der Waals surface area (Å²) in [4.78, 5) is 6.56. The molecule has 4 nitrogen and oxygen atoms in total. The molecule has 0 aliphatic carbocycles. The van der Waals surface area contributed by atoms with Crippen molar-refractivity contribution in [2.24, 2.45) is 16.6 Å². The first-order chi connectivity index (χ1) is 9.17. The second kappa shape index (κ2) is 5.95. The van der Waals surface area contributed by atoms with Crippen LogP contribution in [0, 0.1) is 5.92 Å². The average molecular weight is 261 g/mol. The molecule has 0 radical (unpaired) electrons. The highest BCUT2D eigenvalue weighted by atomic mass is 16.5. The van der Waals surface area contributed by atoms with Crippen LogP contribution < -0.4 is 15.4 Å². The lowest BCUT2D eigenvalue weighted by molar-refractivity contribution is 0.414. The highest BCUT2D eigenvalue weighted by Gasteiger charge is 2.31. The molecule has 19 heavy (non-hydrogen) atoms. The molecule has 104 valence electrons. The maximum atomic E-state index is 6.05. The monoisotopic (exact) mass is 261 g/mol. The van der Waals surface area contributed by atoms with Gasteiger partial charge in [-0.15, -0.1) is 0 Å². The third kappa shape index (κ3) is 2.83. The van der Waals surface area contributed by atoms with E-state index in [4.69, 9.17) is 10.5 Å². The van der Waals surface area contributed by atoms with Gasteiger partial charge in [0.25, 0.3) is 0 Å². The third-order valence-electron chi connectivity index (χ3n) is 3.77. The van der Waals surface area contributed by atoms with Crippen LogP contribution in [0.25, 0.3) is 0 Å². The molecule has 2 atom stereocenters. The van der Waals surface area contributed by atoms with E-state index in [1.54, 1.807) is 7.11 Å². The van der Waals surface area contributed by atoms with Crippen molar-refractivity contribution in [3.8, 4) is 5.75 Å². The molecule has 0 amide bonds. The number of methoxy groups -OCH3 is 1. The van der Waals surface area contributed by atoms with E-state index in [0.717, 1.165) is 18.0 Å². The van der Waals surface area contributed by atoms with Gasteiger partial charge >= 0.3 is 0 Å². The van der Waals surface area contributed by atoms with Gasteiger partial charge in [0.2, 0.25) is 0 Å². The summed E-state index contributed by atoms with van der Waals surface area (Å²) in [7, 11) is 1.67. The standard InChI is InChI=1S/C15H23N3O/c1-4-5-11(2)14-10-17-15(16)18(14)12-6-8-13(19-3)9-7-12/h6-9,11,14H,4-5,10H2,1-3H3,(H2,16,17). The zero-order valence-corrected chi connectivity index (χ0v) is 12.0. The normalized spacial score (nSPS) is 20.3. The molecule has 2 unspecified atom stereocenters. The van der Waals surface area contributed by atoms with Crippen LogP contribution in [0.2, 0.25) is 0 Å². The smallest absolute Gasteiger partial charge is 0.196 e. The van der Waals surface area contributed by atoms with Crippen molar-refractivity contribution in [2.45, 2.75) is 32.7 Å². The Hall–Kier alpha value is -1.71. The van der Waals surface area contributed by atoms with E-state index in [0.29, 0.717) is 17.9 Å². The largest absolute Gasteiger partial charge is 0.497 e. The maximum absolute atomic E-state index is 6.05. The lowest BCUT2D eigenvalue weighted by Crippen LogP contribution is -2.44. The number of nitrogens with two attached hydrogens (primary N) is 1. The van der Waals surface area contributed by atoms with E-state index in [-0.39, 0.29) is 0 Å². The minimum absolute atomic E-state index is 0.369. The van der Waals surface area contributed by atoms with Crippen molar-refractivity contribution in [3.05, 3.63) is 24.3 Å². The van der Waals surface area contributed by atoms with Crippen LogP contribution in [0.4, 0.5) is 5.69 Å². The highest BCUT2D eigenvalue weighted by Crippen LogP contribution is 2.28. The zero-order valence-electron chi connectivity index (χ0n) is 12.0. The van der Waals surface area contributed by atoms with E-state index < -0.39 is 0 Å². The summed E-state index contributed by atoms with van der Waals surface area (Å²) in [6.45, 7) is 5.28. The Kier molecular flexibility index (Phi) is 4.30. The summed E-state index contributed by atoms with van der Waals surface area (Å²) in [6.07, 6.45) is 2.38. The van der Waals surface area contributed by atoms with Crippen LogP contribution in [0.1, 0.15) is 26.7 Å². The molecule has 1 aromatic rings. The Labute approximate surface area is 115 Å². The van der Waals surface area contributed by atoms with Gasteiger partial charge in [-0.2, -0.15) is 0 Å². The summed E-state index contributed by atoms with van der Waals surface area (Å²) >= 11 is 0. The molecule has 0 bridgehead atoms. The lowest BCUT2D eigenvalue weighted by Gasteiger charge is -2.30. The van der Waals surface area contributed by atoms with Crippen LogP contribution >= 0.6 is 0 Å². The Bertz CT molecular complexity index is 441. The van der Waals surface area contributed by atoms with Gasteiger partial charge in [0.15, 0.2) is 5.96 Å². The Morgan fingerprint density at radius 3 is 2.68 bits per heavy atom. The number of rotatable bonds is 5. The Morgan fingerprint density at radius 2 is 2.11 bits per heavy atom. The molecule has 0 spiro atoms. The molecule has 2 N–H and O–H groups in total. The number of hydrogen-bond acceptors (Lipinski definition) is 4. The topological polar surface area (TPSA) is 50.8 Å². The number of hydrogen-bond donors (Lipinski definition) is 1. The average Bonchev–Trinajstić information content (AvgIpc) is 2.81. The minimum Gasteiger partial charge on any atom is -0.497 e. The van der Waals surface area contributed by atoms with Crippen molar-refractivity contribution in [2.75, 3.05) is 18.6 Å². The van der Waals surface area contributed by atoms with Crippen LogP contribution in [-0.4, -0.2) is 25.7 Å². The molecular weight excluding hydrogens is 238 g/mol. The fourth-order valence-electron chi connectivity index (χ4n) is 2.66. The first-order valence-electron chi connectivity index (χ1n) is 6.90. The number of guanidine groups is 1. The van der Waals surface area contributed by atoms with E-state index in [1.165, 1.54) is 12.8 Å². The Balaban J connectivity index is 2.20. The molecule has 1 heterocycles. The molecule has 1 aromatic carbocycles. The second-order valence-corrected chi connectivity index (χ2v) is 5.10. The van der Waals surface area contributed by atoms with E-state index >= 15 is 0 Å². The first-order valence-corrected chi connectivity index (χ1v) is 6.90. The van der Waals surface area contributed by atoms with Gasteiger partial charge in [-0.25, -0.2) is 0 Å². The first kappa shape index (κ1) is 13.7. The van der Waals surface area contributed by atoms with Crippen LogP contribution in [0.3, 0.4) is 0 Å². The van der Waals surface area contributed by atoms with E-state index in [1.807, 2.05) is 24.3 Å². The van der Waals surface area contributed by atoms with Crippen LogP contribution in [0.5, 0.6) is 5.75 Å². The predicted octanol–water partition coefficient (Wildman–Crippen LogP) is 2.63. The number of ether oxygens (including phenoxy) is 1. The number of aliphatic imine (C=N–C) groups is 1. The molecule has 0 fully saturated rings. The second-order valence-electron chi connectivity index (χ2n) is 5.10. The van der Waals surface area contributed by atoms with Crippen molar-refractivity contribution < 1.29 is 4.74 Å². The highest BCUT2D eigenvalue weighted by molar-refractivity contribution is 5.97. The molecule has 0 saturated heterocycles. The molecule has 2 rings (SSSR count). The fraction of sp³-hybridized carbons (Fsp3) is 0.533. The van der Waals surface area contributed by atoms with Gasteiger partial charge in [-0.1, -0.05) is 20.3 Å². The van der Waals surface area contributed by atoms with Crippen LogP contribution in [-0.2, 0) is 0 Å². The minimum atomic E-state index is 0.369. The van der Waals surface area contributed by atoms with Gasteiger partial charge in [0, 0.05) is 5.69 Å². The van der Waals surface area contributed by atoms with Crippen LogP contribution in [0.15, 0.2) is 29.3 Å². The van der Waals surface area contributed by atoms with Gasteiger partial charge in [0.1, 0.15) is 5.75 Å². The zero-order chi connectivity index (χ0) is 13.8. The maximum Gasteiger partial charge on any atom is 0.196 e.